The van der Waals surface area contributed by atoms with Crippen LogP contribution < -0.4 is 20.2 Å². The van der Waals surface area contributed by atoms with E-state index in [0.29, 0.717) is 22.9 Å². The molecule has 0 atom stereocenters. The van der Waals surface area contributed by atoms with Crippen LogP contribution in [0.4, 0.5) is 5.69 Å². The van der Waals surface area contributed by atoms with Crippen LogP contribution in [0.2, 0.25) is 0 Å². The fraction of sp³-hybridized carbons (Fsp3) is 0.286. The normalized spacial score (nSPS) is 10.9. The van der Waals surface area contributed by atoms with Crippen molar-refractivity contribution in [3.8, 4) is 11.5 Å². The Labute approximate surface area is 164 Å². The first kappa shape index (κ1) is 21.0. The van der Waals surface area contributed by atoms with E-state index in [1.54, 1.807) is 26.2 Å². The van der Waals surface area contributed by atoms with Crippen molar-refractivity contribution in [2.75, 3.05) is 19.0 Å². The van der Waals surface area contributed by atoms with Gasteiger partial charge >= 0.3 is 0 Å². The first-order chi connectivity index (χ1) is 13.4. The van der Waals surface area contributed by atoms with Crippen LogP contribution in [0.3, 0.4) is 0 Å². The predicted octanol–water partition coefficient (Wildman–Crippen LogP) is 3.21. The van der Waals surface area contributed by atoms with Crippen molar-refractivity contribution >= 4 is 23.2 Å². The van der Waals surface area contributed by atoms with Crippen LogP contribution in [0.5, 0.6) is 11.5 Å². The Morgan fingerprint density at radius 1 is 1.04 bits per heavy atom. The summed E-state index contributed by atoms with van der Waals surface area (Å²) >= 11 is 0. The number of rotatable bonds is 8. The number of aryl methyl sites for hydroxylation is 2. The lowest BCUT2D eigenvalue weighted by molar-refractivity contribution is -0.123. The molecule has 2 N–H and O–H groups in total. The molecule has 0 aliphatic carbocycles. The smallest absolute Gasteiger partial charge is 0.277 e. The minimum absolute atomic E-state index is 0.0377. The van der Waals surface area contributed by atoms with E-state index in [9.17, 15) is 9.59 Å². The SMILES string of the molecule is COc1ccc(C)cc1NC(=O)CC(C)=NNC(=O)COc1ccccc1C. The summed E-state index contributed by atoms with van der Waals surface area (Å²) in [5.74, 6) is 0.568. The van der Waals surface area contributed by atoms with Crippen molar-refractivity contribution in [3.63, 3.8) is 0 Å². The summed E-state index contributed by atoms with van der Waals surface area (Å²) < 4.78 is 10.7. The average molecular weight is 383 g/mol. The fourth-order valence-electron chi connectivity index (χ4n) is 2.44. The van der Waals surface area contributed by atoms with Gasteiger partial charge in [-0.05, 0) is 50.1 Å². The number of carbonyl (C=O) groups excluding carboxylic acids is 2. The number of para-hydroxylation sites is 1. The number of carbonyl (C=O) groups is 2. The maximum atomic E-state index is 12.2. The average Bonchev–Trinajstić information content (AvgIpc) is 2.66. The van der Waals surface area contributed by atoms with Crippen LogP contribution in [0.25, 0.3) is 0 Å². The molecule has 148 valence electrons. The standard InChI is InChI=1S/C21H25N3O4/c1-14-9-10-19(27-4)17(11-14)22-20(25)12-16(3)23-24-21(26)13-28-18-8-6-5-7-15(18)2/h5-11H,12-13H2,1-4H3,(H,22,25)(H,24,26). The second-order valence-corrected chi connectivity index (χ2v) is 6.36. The zero-order valence-electron chi connectivity index (χ0n) is 16.5. The molecule has 0 saturated heterocycles. The van der Waals surface area contributed by atoms with Crippen LogP contribution in [0.15, 0.2) is 47.6 Å². The van der Waals surface area contributed by atoms with Crippen molar-refractivity contribution in [1.29, 1.82) is 0 Å². The Bertz CT molecular complexity index is 878. The first-order valence-corrected chi connectivity index (χ1v) is 8.84. The zero-order chi connectivity index (χ0) is 20.5. The van der Waals surface area contributed by atoms with Gasteiger partial charge in [0, 0.05) is 5.71 Å². The monoisotopic (exact) mass is 383 g/mol. The molecule has 2 rings (SSSR count). The second kappa shape index (κ2) is 10.1. The number of nitrogens with zero attached hydrogens (tertiary/aromatic N) is 1. The molecule has 2 amide bonds. The maximum Gasteiger partial charge on any atom is 0.277 e. The van der Waals surface area contributed by atoms with Crippen LogP contribution >= 0.6 is 0 Å². The molecule has 0 unspecified atom stereocenters. The van der Waals surface area contributed by atoms with E-state index < -0.39 is 5.91 Å². The molecule has 0 bridgehead atoms. The summed E-state index contributed by atoms with van der Waals surface area (Å²) in [5, 5.41) is 6.74. The van der Waals surface area contributed by atoms with Crippen molar-refractivity contribution in [1.82, 2.24) is 5.43 Å². The number of ether oxygens (including phenoxy) is 2. The summed E-state index contributed by atoms with van der Waals surface area (Å²) in [6, 6.07) is 12.9. The molecule has 0 aliphatic rings. The summed E-state index contributed by atoms with van der Waals surface area (Å²) in [4.78, 5) is 24.1. The van der Waals surface area contributed by atoms with E-state index in [1.165, 1.54) is 0 Å². The lowest BCUT2D eigenvalue weighted by Crippen LogP contribution is -2.26. The van der Waals surface area contributed by atoms with E-state index in [0.717, 1.165) is 11.1 Å². The molecule has 7 heteroatoms. The molecule has 7 nitrogen and oxygen atoms in total. The molecule has 0 fully saturated rings. The molecule has 28 heavy (non-hydrogen) atoms. The van der Waals surface area contributed by atoms with Gasteiger partial charge in [-0.15, -0.1) is 0 Å². The molecule has 0 saturated carbocycles. The summed E-state index contributed by atoms with van der Waals surface area (Å²) in [6.07, 6.45) is 0.0377. The predicted molar refractivity (Wildman–Crippen MR) is 109 cm³/mol. The van der Waals surface area contributed by atoms with Crippen LogP contribution in [0, 0.1) is 13.8 Å². The highest BCUT2D eigenvalue weighted by atomic mass is 16.5. The van der Waals surface area contributed by atoms with Gasteiger partial charge in [0.05, 0.1) is 19.2 Å². The Morgan fingerprint density at radius 2 is 1.79 bits per heavy atom. The molecular formula is C21H25N3O4. The van der Waals surface area contributed by atoms with E-state index in [4.69, 9.17) is 9.47 Å². The third-order valence-electron chi connectivity index (χ3n) is 3.87. The Kier molecular flexibility index (Phi) is 7.56. The second-order valence-electron chi connectivity index (χ2n) is 6.36. The molecule has 2 aromatic rings. The fourth-order valence-corrected chi connectivity index (χ4v) is 2.44. The first-order valence-electron chi connectivity index (χ1n) is 8.84. The number of hydrogen-bond acceptors (Lipinski definition) is 5. The van der Waals surface area contributed by atoms with Gasteiger partial charge < -0.3 is 14.8 Å². The molecule has 0 heterocycles. The minimum atomic E-state index is -0.400. The molecule has 0 aromatic heterocycles. The van der Waals surface area contributed by atoms with Gasteiger partial charge in [0.2, 0.25) is 5.91 Å². The van der Waals surface area contributed by atoms with Gasteiger partial charge in [-0.3, -0.25) is 9.59 Å². The molecular weight excluding hydrogens is 358 g/mol. The van der Waals surface area contributed by atoms with E-state index in [2.05, 4.69) is 15.8 Å². The highest BCUT2D eigenvalue weighted by Crippen LogP contribution is 2.25. The number of anilines is 1. The molecule has 0 spiro atoms. The van der Waals surface area contributed by atoms with Crippen molar-refractivity contribution in [2.45, 2.75) is 27.2 Å². The van der Waals surface area contributed by atoms with Gasteiger partial charge in [-0.1, -0.05) is 24.3 Å². The van der Waals surface area contributed by atoms with Crippen molar-refractivity contribution in [2.24, 2.45) is 5.10 Å². The highest BCUT2D eigenvalue weighted by molar-refractivity contribution is 6.06. The largest absolute Gasteiger partial charge is 0.495 e. The number of methoxy groups -OCH3 is 1. The van der Waals surface area contributed by atoms with Gasteiger partial charge in [0.1, 0.15) is 11.5 Å². The van der Waals surface area contributed by atoms with Crippen LogP contribution in [0.1, 0.15) is 24.5 Å². The third kappa shape index (κ3) is 6.42. The lowest BCUT2D eigenvalue weighted by Gasteiger charge is -2.11. The third-order valence-corrected chi connectivity index (χ3v) is 3.87. The summed E-state index contributed by atoms with van der Waals surface area (Å²) in [5.41, 5.74) is 5.40. The molecule has 0 aliphatic heterocycles. The number of hydrazone groups is 1. The van der Waals surface area contributed by atoms with Gasteiger partial charge in [-0.2, -0.15) is 5.10 Å². The molecule has 0 radical (unpaired) electrons. The minimum Gasteiger partial charge on any atom is -0.495 e. The lowest BCUT2D eigenvalue weighted by atomic mass is 10.2. The number of amides is 2. The Morgan fingerprint density at radius 3 is 2.50 bits per heavy atom. The highest BCUT2D eigenvalue weighted by Gasteiger charge is 2.10. The van der Waals surface area contributed by atoms with Gasteiger partial charge in [0.25, 0.3) is 5.91 Å². The molecule has 2 aromatic carbocycles. The van der Waals surface area contributed by atoms with Gasteiger partial charge in [-0.25, -0.2) is 5.43 Å². The van der Waals surface area contributed by atoms with E-state index in [-0.39, 0.29) is 18.9 Å². The number of hydrogen-bond donors (Lipinski definition) is 2. The summed E-state index contributed by atoms with van der Waals surface area (Å²) in [6.45, 7) is 5.33. The van der Waals surface area contributed by atoms with Crippen LogP contribution in [-0.4, -0.2) is 31.2 Å². The maximum absolute atomic E-state index is 12.2. The van der Waals surface area contributed by atoms with Gasteiger partial charge in [0.15, 0.2) is 6.61 Å². The van der Waals surface area contributed by atoms with Crippen molar-refractivity contribution in [3.05, 3.63) is 53.6 Å². The topological polar surface area (TPSA) is 89.0 Å². The quantitative estimate of drug-likeness (QED) is 0.541. The van der Waals surface area contributed by atoms with Crippen LogP contribution in [-0.2, 0) is 9.59 Å². The number of benzene rings is 2. The number of nitrogens with one attached hydrogen (secondary N) is 2. The Balaban J connectivity index is 1.83. The van der Waals surface area contributed by atoms with Crippen molar-refractivity contribution < 1.29 is 19.1 Å². The Hall–Kier alpha value is -3.35. The zero-order valence-corrected chi connectivity index (χ0v) is 16.5. The summed E-state index contributed by atoms with van der Waals surface area (Å²) in [7, 11) is 1.54. The van der Waals surface area contributed by atoms with E-state index >= 15 is 0 Å². The van der Waals surface area contributed by atoms with E-state index in [1.807, 2.05) is 44.2 Å².